The van der Waals surface area contributed by atoms with E-state index in [0.29, 0.717) is 19.7 Å². The molecule has 1 fully saturated rings. The second-order valence-electron chi connectivity index (χ2n) is 7.47. The second kappa shape index (κ2) is 8.86. The molecule has 2 aromatic carbocycles. The van der Waals surface area contributed by atoms with E-state index >= 15 is 0 Å². The van der Waals surface area contributed by atoms with E-state index in [0.717, 1.165) is 18.7 Å². The van der Waals surface area contributed by atoms with E-state index < -0.39 is 0 Å². The summed E-state index contributed by atoms with van der Waals surface area (Å²) < 4.78 is 5.60. The Morgan fingerprint density at radius 2 is 1.77 bits per heavy atom. The highest BCUT2D eigenvalue weighted by atomic mass is 16.5. The van der Waals surface area contributed by atoms with Gasteiger partial charge in [0.1, 0.15) is 12.3 Å². The zero-order valence-corrected chi connectivity index (χ0v) is 17.0. The summed E-state index contributed by atoms with van der Waals surface area (Å²) in [5.74, 6) is 0.0465. The molecule has 0 bridgehead atoms. The Balaban J connectivity index is 1.37. The molecule has 2 heterocycles. The first-order valence-corrected chi connectivity index (χ1v) is 10.1. The molecule has 0 radical (unpaired) electrons. The van der Waals surface area contributed by atoms with Gasteiger partial charge in [-0.2, -0.15) is 0 Å². The van der Waals surface area contributed by atoms with Crippen LogP contribution in [0, 0.1) is 6.92 Å². The number of hydrogen-bond donors (Lipinski definition) is 1. The Morgan fingerprint density at radius 1 is 1.00 bits per heavy atom. The first-order valence-electron chi connectivity index (χ1n) is 10.1. The smallest absolute Gasteiger partial charge is 0.270 e. The summed E-state index contributed by atoms with van der Waals surface area (Å²) in [4.78, 5) is 32.2. The number of amides is 1. The Morgan fingerprint density at radius 3 is 2.47 bits per heavy atom. The first-order chi connectivity index (χ1) is 14.6. The molecule has 6 heteroatoms. The maximum Gasteiger partial charge on any atom is 0.270 e. The summed E-state index contributed by atoms with van der Waals surface area (Å²) in [5, 5.41) is 0. The number of carbonyl (C=O) groups excluding carboxylic acids is 1. The molecule has 1 aromatic heterocycles. The predicted octanol–water partition coefficient (Wildman–Crippen LogP) is 3.22. The van der Waals surface area contributed by atoms with Gasteiger partial charge in [0, 0.05) is 44.1 Å². The first kappa shape index (κ1) is 19.8. The van der Waals surface area contributed by atoms with Gasteiger partial charge in [0.05, 0.1) is 0 Å². The normalized spacial score (nSPS) is 13.9. The Kier molecular flexibility index (Phi) is 5.84. The van der Waals surface area contributed by atoms with Crippen LogP contribution in [-0.4, -0.2) is 42.0 Å². The number of aryl methyl sites for hydroxylation is 1. The fraction of sp³-hybridized carbons (Fsp3) is 0.250. The number of piperazine rings is 1. The molecule has 1 aliphatic heterocycles. The van der Waals surface area contributed by atoms with Crippen molar-refractivity contribution in [1.29, 1.82) is 0 Å². The number of hydrogen-bond acceptors (Lipinski definition) is 4. The minimum Gasteiger partial charge on any atom is -0.483 e. The number of nitrogens with zero attached hydrogens (tertiary/aromatic N) is 2. The third kappa shape index (κ3) is 4.54. The van der Waals surface area contributed by atoms with Crippen molar-refractivity contribution >= 4 is 11.6 Å². The van der Waals surface area contributed by atoms with E-state index in [4.69, 9.17) is 4.74 Å². The fourth-order valence-electron chi connectivity index (χ4n) is 3.59. The lowest BCUT2D eigenvalue weighted by atomic mass is 10.2. The molecule has 30 heavy (non-hydrogen) atoms. The number of aromatic amines is 1. The van der Waals surface area contributed by atoms with Crippen LogP contribution in [0.4, 0.5) is 5.69 Å². The largest absolute Gasteiger partial charge is 0.483 e. The standard InChI is InChI=1S/C24H25N3O3/c1-18-6-5-9-20(14-18)26-10-12-27(13-11-26)24(29)21-15-22(28)23(16-25-21)30-17-19-7-3-2-4-8-19/h2-9,14-16H,10-13,17H2,1H3,(H,25,28). The van der Waals surface area contributed by atoms with E-state index in [1.807, 2.05) is 36.4 Å². The Labute approximate surface area is 175 Å². The zero-order valence-electron chi connectivity index (χ0n) is 17.0. The molecule has 4 rings (SSSR count). The third-order valence-corrected chi connectivity index (χ3v) is 5.28. The van der Waals surface area contributed by atoms with Crippen LogP contribution in [0.15, 0.2) is 71.7 Å². The van der Waals surface area contributed by atoms with Crippen molar-refractivity contribution in [2.75, 3.05) is 31.1 Å². The van der Waals surface area contributed by atoms with Crippen molar-refractivity contribution in [3.8, 4) is 5.75 Å². The van der Waals surface area contributed by atoms with Crippen LogP contribution in [0.5, 0.6) is 5.75 Å². The van der Waals surface area contributed by atoms with Gasteiger partial charge in [-0.15, -0.1) is 0 Å². The van der Waals surface area contributed by atoms with Gasteiger partial charge in [0.2, 0.25) is 5.43 Å². The van der Waals surface area contributed by atoms with Gasteiger partial charge in [-0.3, -0.25) is 9.59 Å². The number of anilines is 1. The number of nitrogens with one attached hydrogen (secondary N) is 1. The molecule has 0 spiro atoms. The predicted molar refractivity (Wildman–Crippen MR) is 117 cm³/mol. The van der Waals surface area contributed by atoms with Crippen LogP contribution in [-0.2, 0) is 6.61 Å². The summed E-state index contributed by atoms with van der Waals surface area (Å²) >= 11 is 0. The highest BCUT2D eigenvalue weighted by molar-refractivity contribution is 5.92. The van der Waals surface area contributed by atoms with Gasteiger partial charge in [-0.1, -0.05) is 42.5 Å². The van der Waals surface area contributed by atoms with Gasteiger partial charge >= 0.3 is 0 Å². The van der Waals surface area contributed by atoms with Gasteiger partial charge < -0.3 is 19.5 Å². The van der Waals surface area contributed by atoms with Crippen molar-refractivity contribution in [1.82, 2.24) is 9.88 Å². The van der Waals surface area contributed by atoms with Crippen molar-refractivity contribution in [2.45, 2.75) is 13.5 Å². The van der Waals surface area contributed by atoms with Crippen molar-refractivity contribution in [3.63, 3.8) is 0 Å². The fourth-order valence-corrected chi connectivity index (χ4v) is 3.59. The second-order valence-corrected chi connectivity index (χ2v) is 7.47. The molecule has 1 saturated heterocycles. The van der Waals surface area contributed by atoms with E-state index in [9.17, 15) is 9.59 Å². The molecule has 1 aliphatic rings. The van der Waals surface area contributed by atoms with E-state index in [1.54, 1.807) is 4.90 Å². The number of H-pyrrole nitrogens is 1. The highest BCUT2D eigenvalue weighted by Gasteiger charge is 2.23. The molecule has 154 valence electrons. The monoisotopic (exact) mass is 403 g/mol. The van der Waals surface area contributed by atoms with Crippen LogP contribution < -0.4 is 15.1 Å². The summed E-state index contributed by atoms with van der Waals surface area (Å²) in [7, 11) is 0. The zero-order chi connectivity index (χ0) is 20.9. The molecule has 0 unspecified atom stereocenters. The topological polar surface area (TPSA) is 65.6 Å². The van der Waals surface area contributed by atoms with Crippen molar-refractivity contribution < 1.29 is 9.53 Å². The molecule has 0 atom stereocenters. The summed E-state index contributed by atoms with van der Waals surface area (Å²) in [5.41, 5.74) is 3.36. The van der Waals surface area contributed by atoms with Crippen LogP contribution in [0.2, 0.25) is 0 Å². The molecule has 3 aromatic rings. The van der Waals surface area contributed by atoms with Gasteiger partial charge in [-0.25, -0.2) is 0 Å². The SMILES string of the molecule is Cc1cccc(N2CCN(C(=O)c3cc(=O)c(OCc4ccccc4)c[nH]3)CC2)c1. The third-order valence-electron chi connectivity index (χ3n) is 5.28. The van der Waals surface area contributed by atoms with E-state index in [1.165, 1.54) is 23.5 Å². The molecule has 6 nitrogen and oxygen atoms in total. The maximum atomic E-state index is 12.8. The number of carbonyl (C=O) groups is 1. The Hall–Kier alpha value is -3.54. The average Bonchev–Trinajstić information content (AvgIpc) is 2.78. The number of pyridine rings is 1. The van der Waals surface area contributed by atoms with Crippen LogP contribution in [0.1, 0.15) is 21.6 Å². The quantitative estimate of drug-likeness (QED) is 0.710. The number of rotatable bonds is 5. The summed E-state index contributed by atoms with van der Waals surface area (Å²) in [6.45, 7) is 5.13. The van der Waals surface area contributed by atoms with Gasteiger partial charge in [0.15, 0.2) is 5.75 Å². The minimum absolute atomic E-state index is 0.161. The van der Waals surface area contributed by atoms with Crippen LogP contribution >= 0.6 is 0 Å². The lowest BCUT2D eigenvalue weighted by Crippen LogP contribution is -2.49. The van der Waals surface area contributed by atoms with E-state index in [-0.39, 0.29) is 22.8 Å². The van der Waals surface area contributed by atoms with Gasteiger partial charge in [-0.05, 0) is 30.2 Å². The lowest BCUT2D eigenvalue weighted by Gasteiger charge is -2.36. The molecule has 1 amide bonds. The number of benzene rings is 2. The molecule has 1 N–H and O–H groups in total. The summed E-state index contributed by atoms with van der Waals surface area (Å²) in [6.07, 6.45) is 1.47. The average molecular weight is 403 g/mol. The minimum atomic E-state index is -0.300. The maximum absolute atomic E-state index is 12.8. The lowest BCUT2D eigenvalue weighted by molar-refractivity contribution is 0.0740. The van der Waals surface area contributed by atoms with Crippen molar-refractivity contribution in [3.05, 3.63) is 93.9 Å². The van der Waals surface area contributed by atoms with Crippen molar-refractivity contribution in [2.24, 2.45) is 0 Å². The molecule has 0 saturated carbocycles. The van der Waals surface area contributed by atoms with Crippen LogP contribution in [0.3, 0.4) is 0 Å². The summed E-state index contributed by atoms with van der Waals surface area (Å²) in [6, 6.07) is 19.3. The molecular weight excluding hydrogens is 378 g/mol. The number of ether oxygens (including phenoxy) is 1. The van der Waals surface area contributed by atoms with E-state index in [2.05, 4.69) is 35.0 Å². The molecular formula is C24H25N3O3. The van der Waals surface area contributed by atoms with Gasteiger partial charge in [0.25, 0.3) is 5.91 Å². The number of aromatic nitrogens is 1. The molecule has 0 aliphatic carbocycles. The van der Waals surface area contributed by atoms with Crippen LogP contribution in [0.25, 0.3) is 0 Å². The highest BCUT2D eigenvalue weighted by Crippen LogP contribution is 2.18. The Bertz CT molecular complexity index is 1070.